The molecular weight excluding hydrogens is 665 g/mol. The van der Waals surface area contributed by atoms with Crippen molar-refractivity contribution in [3.63, 3.8) is 0 Å². The summed E-state index contributed by atoms with van der Waals surface area (Å²) in [5.74, 6) is 0.270. The molecule has 3 N–H and O–H groups in total. The fraction of sp³-hybridized carbons (Fsp3) is 0.488. The summed E-state index contributed by atoms with van der Waals surface area (Å²) in [6, 6.07) is 24.9. The van der Waals surface area contributed by atoms with E-state index in [1.807, 2.05) is 73.8 Å². The summed E-state index contributed by atoms with van der Waals surface area (Å²) < 4.78 is 0. The van der Waals surface area contributed by atoms with Gasteiger partial charge < -0.3 is 30.7 Å². The van der Waals surface area contributed by atoms with Gasteiger partial charge in [-0.1, -0.05) is 83.0 Å². The number of nitrogens with one attached hydrogen (secondary N) is 3. The Hall–Kier alpha value is -4.70. The van der Waals surface area contributed by atoms with Crippen molar-refractivity contribution < 1.29 is 19.2 Å². The predicted octanol–water partition coefficient (Wildman–Crippen LogP) is 6.82. The highest BCUT2D eigenvalue weighted by Crippen LogP contribution is 2.26. The lowest BCUT2D eigenvalue weighted by Gasteiger charge is -2.30. The van der Waals surface area contributed by atoms with Gasteiger partial charge >= 0.3 is 0 Å². The van der Waals surface area contributed by atoms with Crippen LogP contribution >= 0.6 is 0 Å². The van der Waals surface area contributed by atoms with E-state index in [9.17, 15) is 19.2 Å². The molecule has 2 aliphatic rings. The monoisotopic (exact) mass is 722 g/mol. The average molecular weight is 723 g/mol. The maximum atomic E-state index is 13.4. The molecule has 4 amide bonds. The van der Waals surface area contributed by atoms with Crippen LogP contribution in [-0.4, -0.2) is 71.7 Å². The minimum atomic E-state index is -0.476. The number of anilines is 3. The minimum Gasteiger partial charge on any atom is -0.363 e. The van der Waals surface area contributed by atoms with Gasteiger partial charge in [0.05, 0.1) is 6.04 Å². The highest BCUT2D eigenvalue weighted by molar-refractivity contribution is 5.98. The van der Waals surface area contributed by atoms with E-state index in [0.29, 0.717) is 62.7 Å². The predicted molar refractivity (Wildman–Crippen MR) is 212 cm³/mol. The lowest BCUT2D eigenvalue weighted by atomic mass is 9.97. The van der Waals surface area contributed by atoms with Crippen LogP contribution in [0, 0.1) is 11.8 Å². The first-order valence-electron chi connectivity index (χ1n) is 19.5. The molecule has 3 unspecified atom stereocenters. The number of likely N-dealkylation sites (tertiary alicyclic amines) is 2. The molecule has 0 aromatic heterocycles. The van der Waals surface area contributed by atoms with Crippen LogP contribution in [0.1, 0.15) is 83.8 Å². The lowest BCUT2D eigenvalue weighted by Crippen LogP contribution is -2.52. The van der Waals surface area contributed by atoms with Crippen LogP contribution in [0.25, 0.3) is 0 Å². The molecule has 2 saturated heterocycles. The van der Waals surface area contributed by atoms with Gasteiger partial charge in [0.15, 0.2) is 0 Å². The maximum Gasteiger partial charge on any atom is 0.247 e. The molecule has 0 aliphatic carbocycles. The summed E-state index contributed by atoms with van der Waals surface area (Å²) in [5, 5.41) is 9.27. The van der Waals surface area contributed by atoms with E-state index >= 15 is 0 Å². The van der Waals surface area contributed by atoms with E-state index in [2.05, 4.69) is 60.7 Å². The number of hydrogen-bond donors (Lipinski definition) is 3. The van der Waals surface area contributed by atoms with Crippen LogP contribution in [0.3, 0.4) is 0 Å². The zero-order chi connectivity index (χ0) is 37.9. The first-order valence-corrected chi connectivity index (χ1v) is 19.5. The number of likely N-dealkylation sites (N-methyl/N-ethyl adjacent to an activating group) is 1. The molecule has 5 atom stereocenters. The third-order valence-electron chi connectivity index (χ3n) is 11.0. The fourth-order valence-electron chi connectivity index (χ4n) is 7.42. The SMILES string of the molecule is CCC(C)C(NC)C(=O)N1CCC[C@H]1C(=O)Nc1ccc(CN(Cc2ccc(NC(=O)C3CCCN3C(=O)C[C@H](C)CC)cc2)c2ccccc2)cc1. The first-order chi connectivity index (χ1) is 25.6. The van der Waals surface area contributed by atoms with Crippen molar-refractivity contribution in [3.8, 4) is 0 Å². The Bertz CT molecular complexity index is 1660. The number of carbonyl (C=O) groups excluding carboxylic acids is 4. The van der Waals surface area contributed by atoms with E-state index in [0.717, 1.165) is 42.5 Å². The quantitative estimate of drug-likeness (QED) is 0.150. The molecular formula is C43H58N6O4. The summed E-state index contributed by atoms with van der Waals surface area (Å²) in [5.41, 5.74) is 4.67. The van der Waals surface area contributed by atoms with E-state index in [1.54, 1.807) is 9.80 Å². The van der Waals surface area contributed by atoms with Crippen LogP contribution < -0.4 is 20.9 Å². The highest BCUT2D eigenvalue weighted by Gasteiger charge is 2.38. The average Bonchev–Trinajstić information content (AvgIpc) is 3.88. The number of carbonyl (C=O) groups is 4. The third-order valence-corrected chi connectivity index (χ3v) is 11.0. The zero-order valence-electron chi connectivity index (χ0n) is 32.1. The second-order valence-corrected chi connectivity index (χ2v) is 14.9. The van der Waals surface area contributed by atoms with Crippen molar-refractivity contribution in [3.05, 3.63) is 90.0 Å². The molecule has 2 fully saturated rings. The number of para-hydroxylation sites is 1. The summed E-state index contributed by atoms with van der Waals surface area (Å²) in [7, 11) is 1.81. The fourth-order valence-corrected chi connectivity index (χ4v) is 7.42. The van der Waals surface area contributed by atoms with E-state index in [4.69, 9.17) is 0 Å². The summed E-state index contributed by atoms with van der Waals surface area (Å²) in [4.78, 5) is 58.7. The number of nitrogens with zero attached hydrogens (tertiary/aromatic N) is 3. The molecule has 10 heteroatoms. The third kappa shape index (κ3) is 10.3. The normalized spacial score (nSPS) is 18.7. The highest BCUT2D eigenvalue weighted by atomic mass is 16.2. The number of amides is 4. The van der Waals surface area contributed by atoms with Gasteiger partial charge in [-0.05, 0) is 92.1 Å². The summed E-state index contributed by atoms with van der Waals surface area (Å²) in [6.45, 7) is 10.8. The van der Waals surface area contributed by atoms with Gasteiger partial charge in [0.25, 0.3) is 0 Å². The largest absolute Gasteiger partial charge is 0.363 e. The van der Waals surface area contributed by atoms with Crippen molar-refractivity contribution in [2.45, 2.75) is 104 Å². The standard InChI is InChI=1S/C43H58N6O4/c1-6-30(3)27-39(50)48-25-11-15-37(48)41(51)45-34-21-17-32(18-22-34)28-47(36-13-9-8-10-14-36)29-33-19-23-35(24-20-33)46-42(52)38-16-12-26-49(38)43(53)40(44-5)31(4)7-2/h8-10,13-14,17-24,30-31,37-38,40,44H,6-7,11-12,15-16,25-29H2,1-5H3,(H,45,51)(H,46,52)/t30-,31?,37?,38+,40?/m1/s1. The van der Waals surface area contributed by atoms with Gasteiger partial charge in [-0.25, -0.2) is 0 Å². The zero-order valence-corrected chi connectivity index (χ0v) is 32.1. The summed E-state index contributed by atoms with van der Waals surface area (Å²) in [6.07, 6.45) is 5.30. The van der Waals surface area contributed by atoms with Crippen LogP contribution in [0.5, 0.6) is 0 Å². The topological polar surface area (TPSA) is 114 Å². The first kappa shape index (κ1) is 39.5. The van der Waals surface area contributed by atoms with Gasteiger partial charge in [0.2, 0.25) is 23.6 Å². The Morgan fingerprint density at radius 1 is 0.717 bits per heavy atom. The second-order valence-electron chi connectivity index (χ2n) is 14.9. The lowest BCUT2D eigenvalue weighted by molar-refractivity contribution is -0.139. The van der Waals surface area contributed by atoms with Crippen LogP contribution in [0.4, 0.5) is 17.1 Å². The van der Waals surface area contributed by atoms with Crippen LogP contribution in [-0.2, 0) is 32.3 Å². The van der Waals surface area contributed by atoms with E-state index in [-0.39, 0.29) is 35.6 Å². The molecule has 0 spiro atoms. The molecule has 284 valence electrons. The number of hydrogen-bond acceptors (Lipinski definition) is 6. The maximum absolute atomic E-state index is 13.4. The Labute approximate surface area is 315 Å². The molecule has 3 aromatic rings. The van der Waals surface area contributed by atoms with E-state index in [1.165, 1.54) is 0 Å². The van der Waals surface area contributed by atoms with Gasteiger partial charge in [-0.2, -0.15) is 0 Å². The van der Waals surface area contributed by atoms with Gasteiger partial charge in [0, 0.05) is 49.7 Å². The van der Waals surface area contributed by atoms with Crippen molar-refractivity contribution in [2.75, 3.05) is 35.7 Å². The Morgan fingerprint density at radius 3 is 1.72 bits per heavy atom. The smallest absolute Gasteiger partial charge is 0.247 e. The summed E-state index contributed by atoms with van der Waals surface area (Å²) >= 11 is 0. The molecule has 0 radical (unpaired) electrons. The Morgan fingerprint density at radius 2 is 1.23 bits per heavy atom. The van der Waals surface area contributed by atoms with Crippen molar-refractivity contribution in [2.24, 2.45) is 11.8 Å². The van der Waals surface area contributed by atoms with Crippen molar-refractivity contribution in [1.29, 1.82) is 0 Å². The van der Waals surface area contributed by atoms with Crippen LogP contribution in [0.15, 0.2) is 78.9 Å². The molecule has 5 rings (SSSR count). The second kappa shape index (κ2) is 18.9. The molecule has 53 heavy (non-hydrogen) atoms. The van der Waals surface area contributed by atoms with Crippen molar-refractivity contribution >= 4 is 40.7 Å². The van der Waals surface area contributed by atoms with E-state index < -0.39 is 12.1 Å². The number of rotatable bonds is 16. The number of benzene rings is 3. The van der Waals surface area contributed by atoms with Gasteiger partial charge in [-0.3, -0.25) is 19.2 Å². The Balaban J connectivity index is 1.20. The molecule has 2 heterocycles. The van der Waals surface area contributed by atoms with Gasteiger partial charge in [0.1, 0.15) is 12.1 Å². The molecule has 0 saturated carbocycles. The molecule has 0 bridgehead atoms. The Kier molecular flexibility index (Phi) is 14.1. The van der Waals surface area contributed by atoms with Gasteiger partial charge in [-0.15, -0.1) is 0 Å². The molecule has 10 nitrogen and oxygen atoms in total. The molecule has 3 aromatic carbocycles. The van der Waals surface area contributed by atoms with Crippen LogP contribution in [0.2, 0.25) is 0 Å². The minimum absolute atomic E-state index is 0.00349. The van der Waals surface area contributed by atoms with Crippen molar-refractivity contribution in [1.82, 2.24) is 15.1 Å². The molecule has 2 aliphatic heterocycles.